The summed E-state index contributed by atoms with van der Waals surface area (Å²) >= 11 is 0. The van der Waals surface area contributed by atoms with Crippen molar-refractivity contribution in [1.82, 2.24) is 20.4 Å². The first-order valence-corrected chi connectivity index (χ1v) is 6.84. The van der Waals surface area contributed by atoms with Crippen LogP contribution in [0.15, 0.2) is 29.0 Å². The molecule has 2 aromatic rings. The molecule has 0 aromatic carbocycles. The van der Waals surface area contributed by atoms with Crippen LogP contribution in [0.1, 0.15) is 38.5 Å². The van der Waals surface area contributed by atoms with Crippen LogP contribution < -0.4 is 5.32 Å². The monoisotopic (exact) mass is 258 g/mol. The van der Waals surface area contributed by atoms with Crippen molar-refractivity contribution < 1.29 is 4.52 Å². The number of nitrogens with zero attached hydrogens (tertiary/aromatic N) is 3. The first-order valence-electron chi connectivity index (χ1n) is 6.84. The van der Waals surface area contributed by atoms with Crippen LogP contribution >= 0.6 is 0 Å². The lowest BCUT2D eigenvalue weighted by molar-refractivity contribution is 0.241. The molecule has 3 heterocycles. The van der Waals surface area contributed by atoms with Gasteiger partial charge in [0.1, 0.15) is 0 Å². The van der Waals surface area contributed by atoms with Crippen molar-refractivity contribution in [3.05, 3.63) is 30.4 Å². The molecule has 0 amide bonds. The van der Waals surface area contributed by atoms with Gasteiger partial charge in [-0.05, 0) is 37.9 Å². The molecule has 1 unspecified atom stereocenters. The third-order valence-corrected chi connectivity index (χ3v) is 3.69. The zero-order valence-electron chi connectivity index (χ0n) is 11.1. The SMILES string of the molecule is CCCC1(c2nc(-c3ccncc3)no2)CCCN1. The van der Waals surface area contributed by atoms with Crippen molar-refractivity contribution >= 4 is 0 Å². The first-order chi connectivity index (χ1) is 9.34. The summed E-state index contributed by atoms with van der Waals surface area (Å²) in [6.07, 6.45) is 7.83. The zero-order chi connectivity index (χ0) is 13.1. The molecule has 19 heavy (non-hydrogen) atoms. The van der Waals surface area contributed by atoms with Gasteiger partial charge < -0.3 is 9.84 Å². The lowest BCUT2D eigenvalue weighted by Crippen LogP contribution is -2.36. The van der Waals surface area contributed by atoms with Crippen molar-refractivity contribution in [1.29, 1.82) is 0 Å². The summed E-state index contributed by atoms with van der Waals surface area (Å²) in [4.78, 5) is 8.58. The first kappa shape index (κ1) is 12.3. The Labute approximate surface area is 112 Å². The van der Waals surface area contributed by atoms with Gasteiger partial charge in [-0.1, -0.05) is 18.5 Å². The smallest absolute Gasteiger partial charge is 0.247 e. The summed E-state index contributed by atoms with van der Waals surface area (Å²) in [5.41, 5.74) is 0.821. The highest BCUT2D eigenvalue weighted by Crippen LogP contribution is 2.35. The predicted molar refractivity (Wildman–Crippen MR) is 71.4 cm³/mol. The van der Waals surface area contributed by atoms with Crippen LogP contribution in [-0.4, -0.2) is 21.7 Å². The van der Waals surface area contributed by atoms with E-state index in [4.69, 9.17) is 4.52 Å². The summed E-state index contributed by atoms with van der Waals surface area (Å²) < 4.78 is 5.51. The van der Waals surface area contributed by atoms with Gasteiger partial charge in [-0.25, -0.2) is 0 Å². The van der Waals surface area contributed by atoms with Crippen molar-refractivity contribution in [2.45, 2.75) is 38.1 Å². The summed E-state index contributed by atoms with van der Waals surface area (Å²) in [6, 6.07) is 3.78. The molecule has 3 rings (SSSR count). The van der Waals surface area contributed by atoms with E-state index in [1.807, 2.05) is 12.1 Å². The van der Waals surface area contributed by atoms with Gasteiger partial charge in [0.2, 0.25) is 11.7 Å². The third-order valence-electron chi connectivity index (χ3n) is 3.69. The van der Waals surface area contributed by atoms with Gasteiger partial charge >= 0.3 is 0 Å². The molecule has 1 aliphatic rings. The second-order valence-electron chi connectivity index (χ2n) is 5.02. The highest BCUT2D eigenvalue weighted by molar-refractivity contribution is 5.52. The fourth-order valence-electron chi connectivity index (χ4n) is 2.77. The highest BCUT2D eigenvalue weighted by Gasteiger charge is 2.39. The van der Waals surface area contributed by atoms with E-state index in [-0.39, 0.29) is 5.54 Å². The fraction of sp³-hybridized carbons (Fsp3) is 0.500. The quantitative estimate of drug-likeness (QED) is 0.912. The second kappa shape index (κ2) is 5.09. The fourth-order valence-corrected chi connectivity index (χ4v) is 2.77. The van der Waals surface area contributed by atoms with Crippen LogP contribution in [0.25, 0.3) is 11.4 Å². The van der Waals surface area contributed by atoms with Crippen molar-refractivity contribution in [3.63, 3.8) is 0 Å². The van der Waals surface area contributed by atoms with Crippen molar-refractivity contribution in [2.24, 2.45) is 0 Å². The Hall–Kier alpha value is -1.75. The molecular formula is C14H18N4O. The van der Waals surface area contributed by atoms with Gasteiger partial charge in [-0.3, -0.25) is 4.98 Å². The maximum atomic E-state index is 5.51. The molecule has 0 aliphatic carbocycles. The lowest BCUT2D eigenvalue weighted by Gasteiger charge is -2.24. The standard InChI is InChI=1S/C14H18N4O/c1-2-6-14(7-3-8-16-14)13-17-12(18-19-13)11-4-9-15-10-5-11/h4-5,9-10,16H,2-3,6-8H2,1H3. The van der Waals surface area contributed by atoms with Crippen LogP contribution in [-0.2, 0) is 5.54 Å². The Morgan fingerprint density at radius 1 is 1.37 bits per heavy atom. The Morgan fingerprint density at radius 2 is 2.21 bits per heavy atom. The molecule has 1 saturated heterocycles. The average molecular weight is 258 g/mol. The molecule has 5 heteroatoms. The van der Waals surface area contributed by atoms with Gasteiger partial charge in [0.25, 0.3) is 0 Å². The molecule has 0 radical (unpaired) electrons. The van der Waals surface area contributed by atoms with Gasteiger partial charge in [0, 0.05) is 18.0 Å². The largest absolute Gasteiger partial charge is 0.337 e. The number of pyridine rings is 1. The molecule has 0 saturated carbocycles. The summed E-state index contributed by atoms with van der Waals surface area (Å²) in [7, 11) is 0. The average Bonchev–Trinajstić information content (AvgIpc) is 3.09. The molecule has 1 N–H and O–H groups in total. The molecule has 1 atom stereocenters. The van der Waals surface area contributed by atoms with Crippen LogP contribution in [0.4, 0.5) is 0 Å². The molecule has 0 bridgehead atoms. The van der Waals surface area contributed by atoms with E-state index in [1.54, 1.807) is 12.4 Å². The predicted octanol–water partition coefficient (Wildman–Crippen LogP) is 2.51. The number of rotatable bonds is 4. The second-order valence-corrected chi connectivity index (χ2v) is 5.02. The summed E-state index contributed by atoms with van der Waals surface area (Å²) in [5.74, 6) is 1.36. The Kier molecular flexibility index (Phi) is 3.29. The number of nitrogens with one attached hydrogen (secondary N) is 1. The molecule has 0 spiro atoms. The minimum atomic E-state index is -0.118. The topological polar surface area (TPSA) is 63.8 Å². The van der Waals surface area contributed by atoms with Crippen LogP contribution in [0.3, 0.4) is 0 Å². The minimum absolute atomic E-state index is 0.118. The molecule has 5 nitrogen and oxygen atoms in total. The molecule has 2 aromatic heterocycles. The van der Waals surface area contributed by atoms with Gasteiger partial charge in [0.05, 0.1) is 5.54 Å². The molecule has 100 valence electrons. The minimum Gasteiger partial charge on any atom is -0.337 e. The third kappa shape index (κ3) is 2.26. The lowest BCUT2D eigenvalue weighted by atomic mass is 9.92. The summed E-state index contributed by atoms with van der Waals surface area (Å²) in [6.45, 7) is 3.20. The van der Waals surface area contributed by atoms with Gasteiger partial charge in [-0.2, -0.15) is 4.98 Å². The van der Waals surface area contributed by atoms with Gasteiger partial charge in [0.15, 0.2) is 0 Å². The summed E-state index contributed by atoms with van der Waals surface area (Å²) in [5, 5.41) is 7.65. The van der Waals surface area contributed by atoms with E-state index in [9.17, 15) is 0 Å². The van der Waals surface area contributed by atoms with Crippen LogP contribution in [0, 0.1) is 0 Å². The maximum Gasteiger partial charge on any atom is 0.247 e. The molecule has 1 aliphatic heterocycles. The van der Waals surface area contributed by atoms with E-state index in [2.05, 4.69) is 27.4 Å². The van der Waals surface area contributed by atoms with E-state index in [0.29, 0.717) is 5.82 Å². The highest BCUT2D eigenvalue weighted by atomic mass is 16.5. The number of aromatic nitrogens is 3. The van der Waals surface area contributed by atoms with Crippen LogP contribution in [0.5, 0.6) is 0 Å². The van der Waals surface area contributed by atoms with E-state index in [1.165, 1.54) is 0 Å². The molecular weight excluding hydrogens is 240 g/mol. The number of hydrogen-bond acceptors (Lipinski definition) is 5. The van der Waals surface area contributed by atoms with Gasteiger partial charge in [-0.15, -0.1) is 0 Å². The Balaban J connectivity index is 1.92. The van der Waals surface area contributed by atoms with E-state index in [0.717, 1.165) is 43.7 Å². The van der Waals surface area contributed by atoms with E-state index < -0.39 is 0 Å². The molecule has 1 fully saturated rings. The Morgan fingerprint density at radius 3 is 2.89 bits per heavy atom. The van der Waals surface area contributed by atoms with E-state index >= 15 is 0 Å². The van der Waals surface area contributed by atoms with Crippen LogP contribution in [0.2, 0.25) is 0 Å². The van der Waals surface area contributed by atoms with Crippen molar-refractivity contribution in [2.75, 3.05) is 6.54 Å². The zero-order valence-corrected chi connectivity index (χ0v) is 11.1. The van der Waals surface area contributed by atoms with Crippen molar-refractivity contribution in [3.8, 4) is 11.4 Å². The Bertz CT molecular complexity index is 531. The number of hydrogen-bond donors (Lipinski definition) is 1. The maximum absolute atomic E-state index is 5.51. The normalized spacial score (nSPS) is 22.8.